The standard InChI is InChI=1S/C13H10ClFO2/c14-10-2-1-9(8-16)13(7-10)17-12-5-3-11(15)4-6-12/h1-7,16H,8H2. The Kier molecular flexibility index (Phi) is 3.61. The Bertz CT molecular complexity index is 511. The highest BCUT2D eigenvalue weighted by Crippen LogP contribution is 2.28. The third kappa shape index (κ3) is 2.96. The van der Waals surface area contributed by atoms with Crippen molar-refractivity contribution in [1.29, 1.82) is 0 Å². The highest BCUT2D eigenvalue weighted by molar-refractivity contribution is 6.30. The van der Waals surface area contributed by atoms with Gasteiger partial charge in [-0.2, -0.15) is 0 Å². The average molecular weight is 253 g/mol. The molecule has 0 aromatic heterocycles. The molecule has 0 saturated carbocycles. The topological polar surface area (TPSA) is 29.5 Å². The summed E-state index contributed by atoms with van der Waals surface area (Å²) < 4.78 is 18.2. The summed E-state index contributed by atoms with van der Waals surface area (Å²) in [7, 11) is 0. The second-order valence-corrected chi connectivity index (χ2v) is 3.90. The summed E-state index contributed by atoms with van der Waals surface area (Å²) in [4.78, 5) is 0. The van der Waals surface area contributed by atoms with Crippen LogP contribution >= 0.6 is 11.6 Å². The predicted octanol–water partition coefficient (Wildman–Crippen LogP) is 3.76. The van der Waals surface area contributed by atoms with Gasteiger partial charge in [0.05, 0.1) is 6.61 Å². The van der Waals surface area contributed by atoms with E-state index >= 15 is 0 Å². The summed E-state index contributed by atoms with van der Waals surface area (Å²) in [5.74, 6) is 0.626. The molecule has 0 saturated heterocycles. The average Bonchev–Trinajstić information content (AvgIpc) is 2.32. The van der Waals surface area contributed by atoms with E-state index < -0.39 is 0 Å². The third-order valence-electron chi connectivity index (χ3n) is 2.24. The van der Waals surface area contributed by atoms with E-state index in [0.717, 1.165) is 0 Å². The number of hydrogen-bond acceptors (Lipinski definition) is 2. The van der Waals surface area contributed by atoms with Crippen LogP contribution in [-0.4, -0.2) is 5.11 Å². The quantitative estimate of drug-likeness (QED) is 0.901. The summed E-state index contributed by atoms with van der Waals surface area (Å²) in [6.45, 7) is -0.145. The van der Waals surface area contributed by atoms with Crippen LogP contribution in [0.3, 0.4) is 0 Å². The van der Waals surface area contributed by atoms with Crippen LogP contribution in [0.4, 0.5) is 4.39 Å². The molecule has 0 spiro atoms. The Hall–Kier alpha value is -1.58. The molecule has 0 aliphatic heterocycles. The van der Waals surface area contributed by atoms with Gasteiger partial charge in [-0.05, 0) is 36.4 Å². The monoisotopic (exact) mass is 252 g/mol. The lowest BCUT2D eigenvalue weighted by Crippen LogP contribution is -1.91. The van der Waals surface area contributed by atoms with Crippen molar-refractivity contribution < 1.29 is 14.2 Å². The maximum atomic E-state index is 12.7. The van der Waals surface area contributed by atoms with Gasteiger partial charge < -0.3 is 9.84 Å². The molecule has 0 radical (unpaired) electrons. The maximum Gasteiger partial charge on any atom is 0.134 e. The molecule has 0 bridgehead atoms. The number of aliphatic hydroxyl groups excluding tert-OH is 1. The minimum absolute atomic E-state index is 0.145. The molecule has 2 nitrogen and oxygen atoms in total. The molecule has 17 heavy (non-hydrogen) atoms. The van der Waals surface area contributed by atoms with Crippen LogP contribution in [0.5, 0.6) is 11.5 Å². The normalized spacial score (nSPS) is 10.3. The fourth-order valence-corrected chi connectivity index (χ4v) is 1.55. The molecule has 0 heterocycles. The van der Waals surface area contributed by atoms with Crippen molar-refractivity contribution in [2.75, 3.05) is 0 Å². The Morgan fingerprint density at radius 3 is 2.47 bits per heavy atom. The van der Waals surface area contributed by atoms with E-state index in [1.54, 1.807) is 18.2 Å². The van der Waals surface area contributed by atoms with Gasteiger partial charge >= 0.3 is 0 Å². The summed E-state index contributed by atoms with van der Waals surface area (Å²) in [5.41, 5.74) is 0.624. The zero-order valence-electron chi connectivity index (χ0n) is 8.86. The summed E-state index contributed by atoms with van der Waals surface area (Å²) in [6, 6.07) is 10.6. The minimum Gasteiger partial charge on any atom is -0.457 e. The maximum absolute atomic E-state index is 12.7. The number of benzene rings is 2. The molecule has 0 fully saturated rings. The lowest BCUT2D eigenvalue weighted by Gasteiger charge is -2.09. The van der Waals surface area contributed by atoms with Gasteiger partial charge in [-0.3, -0.25) is 0 Å². The van der Waals surface area contributed by atoms with Crippen LogP contribution in [0.2, 0.25) is 5.02 Å². The second kappa shape index (κ2) is 5.17. The van der Waals surface area contributed by atoms with E-state index in [1.165, 1.54) is 24.3 Å². The molecule has 0 aliphatic carbocycles. The molecular weight excluding hydrogens is 243 g/mol. The molecule has 0 atom stereocenters. The first-order valence-electron chi connectivity index (χ1n) is 5.02. The molecule has 2 rings (SSSR count). The van der Waals surface area contributed by atoms with Crippen molar-refractivity contribution in [1.82, 2.24) is 0 Å². The third-order valence-corrected chi connectivity index (χ3v) is 2.48. The van der Waals surface area contributed by atoms with E-state index in [2.05, 4.69) is 0 Å². The Morgan fingerprint density at radius 2 is 1.82 bits per heavy atom. The molecule has 2 aromatic rings. The van der Waals surface area contributed by atoms with Crippen LogP contribution in [0.25, 0.3) is 0 Å². The van der Waals surface area contributed by atoms with E-state index in [1.807, 2.05) is 0 Å². The lowest BCUT2D eigenvalue weighted by atomic mass is 10.2. The van der Waals surface area contributed by atoms with Gasteiger partial charge in [0, 0.05) is 10.6 Å². The zero-order chi connectivity index (χ0) is 12.3. The van der Waals surface area contributed by atoms with Crippen molar-refractivity contribution in [3.05, 3.63) is 58.9 Å². The van der Waals surface area contributed by atoms with Gasteiger partial charge in [-0.25, -0.2) is 4.39 Å². The van der Waals surface area contributed by atoms with Gasteiger partial charge in [0.2, 0.25) is 0 Å². The van der Waals surface area contributed by atoms with Gasteiger partial charge in [0.1, 0.15) is 17.3 Å². The van der Waals surface area contributed by atoms with Gasteiger partial charge in [-0.1, -0.05) is 17.7 Å². The van der Waals surface area contributed by atoms with Crippen molar-refractivity contribution >= 4 is 11.6 Å². The highest BCUT2D eigenvalue weighted by atomic mass is 35.5. The summed E-state index contributed by atoms with van der Waals surface area (Å²) >= 11 is 5.84. The number of halogens is 2. The fraction of sp³-hybridized carbons (Fsp3) is 0.0769. The zero-order valence-corrected chi connectivity index (χ0v) is 9.62. The van der Waals surface area contributed by atoms with Crippen LogP contribution in [0.15, 0.2) is 42.5 Å². The number of rotatable bonds is 3. The van der Waals surface area contributed by atoms with Crippen molar-refractivity contribution in [3.8, 4) is 11.5 Å². The second-order valence-electron chi connectivity index (χ2n) is 3.47. The highest BCUT2D eigenvalue weighted by Gasteiger charge is 2.05. The SMILES string of the molecule is OCc1ccc(Cl)cc1Oc1ccc(F)cc1. The van der Waals surface area contributed by atoms with Gasteiger partial charge in [0.25, 0.3) is 0 Å². The lowest BCUT2D eigenvalue weighted by molar-refractivity contribution is 0.276. The first-order chi connectivity index (χ1) is 8.19. The van der Waals surface area contributed by atoms with E-state index in [9.17, 15) is 4.39 Å². The van der Waals surface area contributed by atoms with E-state index in [0.29, 0.717) is 22.1 Å². The summed E-state index contributed by atoms with van der Waals surface area (Å²) in [6.07, 6.45) is 0. The molecule has 0 unspecified atom stereocenters. The van der Waals surface area contributed by atoms with Crippen LogP contribution in [-0.2, 0) is 6.61 Å². The first kappa shape index (κ1) is 11.9. The molecular formula is C13H10ClFO2. The smallest absolute Gasteiger partial charge is 0.134 e. The number of ether oxygens (including phenoxy) is 1. The van der Waals surface area contributed by atoms with E-state index in [4.69, 9.17) is 21.4 Å². The largest absolute Gasteiger partial charge is 0.457 e. The van der Waals surface area contributed by atoms with Crippen LogP contribution in [0, 0.1) is 5.82 Å². The van der Waals surface area contributed by atoms with E-state index in [-0.39, 0.29) is 12.4 Å². The Balaban J connectivity index is 2.28. The summed E-state index contributed by atoms with van der Waals surface area (Å²) in [5, 5.41) is 9.66. The Labute approximate surface area is 103 Å². The molecule has 4 heteroatoms. The van der Waals surface area contributed by atoms with Crippen molar-refractivity contribution in [2.24, 2.45) is 0 Å². The number of hydrogen-bond donors (Lipinski definition) is 1. The predicted molar refractivity (Wildman–Crippen MR) is 63.8 cm³/mol. The minimum atomic E-state index is -0.328. The molecule has 0 aliphatic rings. The molecule has 2 aromatic carbocycles. The van der Waals surface area contributed by atoms with Crippen LogP contribution in [0.1, 0.15) is 5.56 Å². The first-order valence-corrected chi connectivity index (χ1v) is 5.39. The molecule has 88 valence electrons. The van der Waals surface area contributed by atoms with Crippen molar-refractivity contribution in [3.63, 3.8) is 0 Å². The van der Waals surface area contributed by atoms with Gasteiger partial charge in [-0.15, -0.1) is 0 Å². The van der Waals surface area contributed by atoms with Crippen LogP contribution < -0.4 is 4.74 Å². The molecule has 0 amide bonds. The fourth-order valence-electron chi connectivity index (χ4n) is 1.38. The molecule has 1 N–H and O–H groups in total. The number of aliphatic hydroxyl groups is 1. The van der Waals surface area contributed by atoms with Gasteiger partial charge in [0.15, 0.2) is 0 Å². The Morgan fingerprint density at radius 1 is 1.12 bits per heavy atom. The van der Waals surface area contributed by atoms with Crippen molar-refractivity contribution in [2.45, 2.75) is 6.61 Å².